The van der Waals surface area contributed by atoms with Crippen LogP contribution in [-0.2, 0) is 10.2 Å². The molecule has 1 aliphatic rings. The van der Waals surface area contributed by atoms with Crippen LogP contribution in [0.25, 0.3) is 11.3 Å². The molecule has 2 aromatic carbocycles. The highest BCUT2D eigenvalue weighted by molar-refractivity contribution is 6.02. The molecule has 2 aromatic heterocycles. The molecule has 0 bridgehead atoms. The molecular weight excluding hydrogens is 554 g/mol. The summed E-state index contributed by atoms with van der Waals surface area (Å²) < 4.78 is 5.75. The van der Waals surface area contributed by atoms with Gasteiger partial charge < -0.3 is 30.1 Å². The van der Waals surface area contributed by atoms with Crippen LogP contribution < -0.4 is 25.2 Å². The lowest BCUT2D eigenvalue weighted by Crippen LogP contribution is -2.29. The fourth-order valence-corrected chi connectivity index (χ4v) is 5.18. The van der Waals surface area contributed by atoms with Crippen LogP contribution in [0.15, 0.2) is 73.6 Å². The molecule has 0 spiro atoms. The number of anilines is 6. The zero-order valence-corrected chi connectivity index (χ0v) is 26.1. The van der Waals surface area contributed by atoms with Crippen molar-refractivity contribution in [1.82, 2.24) is 24.8 Å². The van der Waals surface area contributed by atoms with Crippen molar-refractivity contribution in [2.24, 2.45) is 0 Å². The van der Waals surface area contributed by atoms with Crippen molar-refractivity contribution in [3.8, 4) is 17.0 Å². The number of benzene rings is 2. The summed E-state index contributed by atoms with van der Waals surface area (Å²) in [7, 11) is 7.61. The lowest BCUT2D eigenvalue weighted by molar-refractivity contribution is -0.111. The van der Waals surface area contributed by atoms with E-state index in [1.54, 1.807) is 7.11 Å². The Morgan fingerprint density at radius 1 is 1.05 bits per heavy atom. The Bertz CT molecular complexity index is 1660. The van der Waals surface area contributed by atoms with E-state index >= 15 is 0 Å². The van der Waals surface area contributed by atoms with Gasteiger partial charge in [0.2, 0.25) is 17.8 Å². The van der Waals surface area contributed by atoms with E-state index in [-0.39, 0.29) is 11.3 Å². The van der Waals surface area contributed by atoms with Crippen molar-refractivity contribution < 1.29 is 9.53 Å². The average Bonchev–Trinajstić information content (AvgIpc) is 3.30. The van der Waals surface area contributed by atoms with Crippen LogP contribution in [0.1, 0.15) is 19.5 Å². The first-order valence-corrected chi connectivity index (χ1v) is 14.4. The van der Waals surface area contributed by atoms with Gasteiger partial charge in [0, 0.05) is 43.7 Å². The quantitative estimate of drug-likeness (QED) is 0.224. The predicted molar refractivity (Wildman–Crippen MR) is 176 cm³/mol. The van der Waals surface area contributed by atoms with Gasteiger partial charge in [-0.3, -0.25) is 9.78 Å². The van der Waals surface area contributed by atoms with Gasteiger partial charge in [-0.2, -0.15) is 4.98 Å². The first kappa shape index (κ1) is 30.4. The summed E-state index contributed by atoms with van der Waals surface area (Å²) in [4.78, 5) is 37.3. The van der Waals surface area contributed by atoms with Crippen LogP contribution in [-0.4, -0.2) is 78.6 Å². The number of nitrogens with one attached hydrogen (secondary N) is 2. The molecule has 0 fully saturated rings. The summed E-state index contributed by atoms with van der Waals surface area (Å²) in [5, 5.41) is 6.20. The van der Waals surface area contributed by atoms with Gasteiger partial charge in [-0.05, 0) is 38.4 Å². The van der Waals surface area contributed by atoms with E-state index in [1.807, 2.05) is 57.5 Å². The molecule has 5 rings (SSSR count). The summed E-state index contributed by atoms with van der Waals surface area (Å²) in [6.07, 6.45) is 2.73. The van der Waals surface area contributed by atoms with Gasteiger partial charge >= 0.3 is 0 Å². The van der Waals surface area contributed by atoms with Crippen molar-refractivity contribution in [1.29, 1.82) is 0 Å². The van der Waals surface area contributed by atoms with E-state index in [2.05, 4.69) is 73.9 Å². The molecule has 1 amide bonds. The number of carbonyl (C=O) groups is 1. The Kier molecular flexibility index (Phi) is 8.77. The highest BCUT2D eigenvalue weighted by Crippen LogP contribution is 2.43. The molecule has 0 aliphatic carbocycles. The van der Waals surface area contributed by atoms with E-state index in [1.165, 1.54) is 12.4 Å². The van der Waals surface area contributed by atoms with E-state index < -0.39 is 0 Å². The van der Waals surface area contributed by atoms with Crippen molar-refractivity contribution in [2.75, 3.05) is 68.3 Å². The lowest BCUT2D eigenvalue weighted by atomic mass is 9.91. The third-order valence-corrected chi connectivity index (χ3v) is 7.53. The predicted octanol–water partition coefficient (Wildman–Crippen LogP) is 5.24. The second-order valence-corrected chi connectivity index (χ2v) is 11.6. The number of fused-ring (bicyclic) bond motifs is 1. The zero-order chi connectivity index (χ0) is 31.4. The molecule has 1 aliphatic heterocycles. The molecule has 0 radical (unpaired) electrons. The van der Waals surface area contributed by atoms with Crippen LogP contribution in [0.3, 0.4) is 0 Å². The van der Waals surface area contributed by atoms with E-state index in [9.17, 15) is 4.79 Å². The van der Waals surface area contributed by atoms with Crippen LogP contribution >= 0.6 is 0 Å². The zero-order valence-electron chi connectivity index (χ0n) is 26.1. The van der Waals surface area contributed by atoms with E-state index in [0.717, 1.165) is 41.4 Å². The van der Waals surface area contributed by atoms with E-state index in [0.29, 0.717) is 35.6 Å². The third kappa shape index (κ3) is 6.47. The number of amides is 1. The Hall–Kier alpha value is -5.03. The van der Waals surface area contributed by atoms with Gasteiger partial charge in [0.05, 0.1) is 41.2 Å². The molecule has 44 heavy (non-hydrogen) atoms. The summed E-state index contributed by atoms with van der Waals surface area (Å²) in [5.74, 6) is 1.09. The highest BCUT2D eigenvalue weighted by atomic mass is 16.5. The minimum Gasteiger partial charge on any atom is -0.494 e. The number of nitrogens with zero attached hydrogens (tertiary/aromatic N) is 7. The Labute approximate surface area is 258 Å². The Morgan fingerprint density at radius 2 is 1.82 bits per heavy atom. The molecule has 0 atom stereocenters. The first-order valence-electron chi connectivity index (χ1n) is 14.4. The number of rotatable bonds is 11. The number of methoxy groups -OCH3 is 1. The van der Waals surface area contributed by atoms with Crippen LogP contribution in [0.2, 0.25) is 0 Å². The Balaban J connectivity index is 1.46. The molecular formula is C33H39N9O2. The summed E-state index contributed by atoms with van der Waals surface area (Å²) in [5.41, 5.74) is 5.73. The molecule has 228 valence electrons. The van der Waals surface area contributed by atoms with E-state index in [4.69, 9.17) is 14.7 Å². The van der Waals surface area contributed by atoms with Gasteiger partial charge in [0.25, 0.3) is 0 Å². The normalized spacial score (nSPS) is 13.4. The topological polar surface area (TPSA) is 112 Å². The molecule has 0 unspecified atom stereocenters. The minimum atomic E-state index is -0.315. The van der Waals surface area contributed by atoms with Crippen molar-refractivity contribution >= 4 is 40.6 Å². The summed E-state index contributed by atoms with van der Waals surface area (Å²) in [6.45, 7) is 10.2. The smallest absolute Gasteiger partial charge is 0.247 e. The summed E-state index contributed by atoms with van der Waals surface area (Å²) >= 11 is 0. The van der Waals surface area contributed by atoms with Gasteiger partial charge in [-0.25, -0.2) is 9.97 Å². The number of carbonyl (C=O) groups excluding carboxylic acids is 1. The number of hydrogen-bond donors (Lipinski definition) is 2. The number of likely N-dealkylation sites (N-methyl/N-ethyl adjacent to an activating group) is 2. The number of aromatic nitrogens is 4. The van der Waals surface area contributed by atoms with Crippen LogP contribution in [0.5, 0.6) is 5.75 Å². The van der Waals surface area contributed by atoms with Crippen molar-refractivity contribution in [3.05, 3.63) is 79.3 Å². The fraction of sp³-hybridized carbons (Fsp3) is 0.303. The highest BCUT2D eigenvalue weighted by Gasteiger charge is 2.39. The molecule has 11 nitrogen and oxygen atoms in total. The minimum absolute atomic E-state index is 0.226. The van der Waals surface area contributed by atoms with Gasteiger partial charge in [-0.1, -0.05) is 50.8 Å². The van der Waals surface area contributed by atoms with Gasteiger partial charge in [-0.15, -0.1) is 0 Å². The second kappa shape index (κ2) is 12.7. The largest absolute Gasteiger partial charge is 0.494 e. The van der Waals surface area contributed by atoms with Crippen molar-refractivity contribution in [3.63, 3.8) is 0 Å². The van der Waals surface area contributed by atoms with Crippen LogP contribution in [0.4, 0.5) is 34.6 Å². The lowest BCUT2D eigenvalue weighted by Gasteiger charge is -2.26. The third-order valence-electron chi connectivity index (χ3n) is 7.53. The monoisotopic (exact) mass is 593 g/mol. The Morgan fingerprint density at radius 3 is 2.52 bits per heavy atom. The van der Waals surface area contributed by atoms with Crippen LogP contribution in [0, 0.1) is 0 Å². The SMILES string of the molecule is C=CC(=O)Nc1cc(Nc2ncnc(N3CC(C)(C)c4nc(-c5ccccc5)ccc43)n2)c(OC)cc1N(C)CCN(C)C. The van der Waals surface area contributed by atoms with Crippen molar-refractivity contribution in [2.45, 2.75) is 19.3 Å². The number of hydrogen-bond acceptors (Lipinski definition) is 10. The molecule has 0 saturated carbocycles. The first-order chi connectivity index (χ1) is 21.1. The maximum absolute atomic E-state index is 12.3. The summed E-state index contributed by atoms with van der Waals surface area (Å²) in [6, 6.07) is 18.0. The standard InChI is InChI=1S/C33H39N9O2/c1-8-29(43)36-24-18-25(28(44-7)19-27(24)41(6)17-16-40(4)5)38-31-34-21-35-32(39-31)42-20-33(2,3)30-26(42)15-14-23(37-30)22-12-10-9-11-13-22/h8-15,18-19,21H,1,16-17,20H2,2-7H3,(H,36,43)(H,34,35,38,39). The fourth-order valence-electron chi connectivity index (χ4n) is 5.18. The molecule has 11 heteroatoms. The molecule has 3 heterocycles. The van der Waals surface area contributed by atoms with Gasteiger partial charge in [0.15, 0.2) is 0 Å². The average molecular weight is 594 g/mol. The molecule has 0 saturated heterocycles. The molecule has 2 N–H and O–H groups in total. The molecule has 4 aromatic rings. The number of ether oxygens (including phenoxy) is 1. The number of pyridine rings is 1. The second-order valence-electron chi connectivity index (χ2n) is 11.6. The van der Waals surface area contributed by atoms with Gasteiger partial charge in [0.1, 0.15) is 12.1 Å². The maximum atomic E-state index is 12.3. The maximum Gasteiger partial charge on any atom is 0.247 e.